The number of aliphatic hydroxyl groups is 1. The standard InChI is InChI=1S/C10H14O6S/c1-6(10(13)16-2)17(14,15)5-7-3-8(11)4-9(7)12/h3,6,8,11H,4-5H2,1-2H3. The van der Waals surface area contributed by atoms with Crippen molar-refractivity contribution in [1.29, 1.82) is 0 Å². The molecule has 1 rings (SSSR count). The number of Topliss-reactive ketones (excluding diaryl/α,β-unsaturated/α-hetero) is 1. The van der Waals surface area contributed by atoms with Crippen molar-refractivity contribution in [3.05, 3.63) is 11.6 Å². The van der Waals surface area contributed by atoms with Gasteiger partial charge in [0.1, 0.15) is 0 Å². The molecule has 96 valence electrons. The van der Waals surface area contributed by atoms with E-state index >= 15 is 0 Å². The van der Waals surface area contributed by atoms with Gasteiger partial charge in [-0.15, -0.1) is 0 Å². The molecule has 0 saturated carbocycles. The van der Waals surface area contributed by atoms with Crippen LogP contribution in [0.5, 0.6) is 0 Å². The number of sulfone groups is 1. The van der Waals surface area contributed by atoms with Crippen LogP contribution in [0.4, 0.5) is 0 Å². The molecule has 0 bridgehead atoms. The Bertz CT molecular complexity index is 461. The predicted molar refractivity (Wildman–Crippen MR) is 59.0 cm³/mol. The van der Waals surface area contributed by atoms with Gasteiger partial charge in [-0.1, -0.05) is 0 Å². The zero-order valence-electron chi connectivity index (χ0n) is 9.54. The van der Waals surface area contributed by atoms with Gasteiger partial charge in [0, 0.05) is 12.0 Å². The van der Waals surface area contributed by atoms with E-state index in [4.69, 9.17) is 0 Å². The molecule has 1 aliphatic carbocycles. The minimum Gasteiger partial charge on any atom is -0.468 e. The van der Waals surface area contributed by atoms with Gasteiger partial charge >= 0.3 is 5.97 Å². The summed E-state index contributed by atoms with van der Waals surface area (Å²) < 4.78 is 27.9. The first-order valence-electron chi connectivity index (χ1n) is 4.99. The monoisotopic (exact) mass is 262 g/mol. The van der Waals surface area contributed by atoms with Gasteiger partial charge in [-0.2, -0.15) is 0 Å². The number of ether oxygens (including phenoxy) is 1. The van der Waals surface area contributed by atoms with Crippen LogP contribution in [-0.2, 0) is 24.2 Å². The van der Waals surface area contributed by atoms with Crippen molar-refractivity contribution in [3.63, 3.8) is 0 Å². The van der Waals surface area contributed by atoms with Crippen LogP contribution in [0.15, 0.2) is 11.6 Å². The number of carbonyl (C=O) groups excluding carboxylic acids is 2. The highest BCUT2D eigenvalue weighted by molar-refractivity contribution is 7.92. The third-order valence-corrected chi connectivity index (χ3v) is 4.56. The summed E-state index contributed by atoms with van der Waals surface area (Å²) in [5, 5.41) is 7.86. The smallest absolute Gasteiger partial charge is 0.323 e. The molecule has 6 nitrogen and oxygen atoms in total. The van der Waals surface area contributed by atoms with Crippen molar-refractivity contribution < 1.29 is 27.9 Å². The van der Waals surface area contributed by atoms with Crippen molar-refractivity contribution in [3.8, 4) is 0 Å². The molecule has 0 fully saturated rings. The zero-order chi connectivity index (χ0) is 13.2. The summed E-state index contributed by atoms with van der Waals surface area (Å²) in [4.78, 5) is 22.4. The average molecular weight is 262 g/mol. The predicted octanol–water partition coefficient (Wildman–Crippen LogP) is -0.777. The second kappa shape index (κ2) is 4.97. The van der Waals surface area contributed by atoms with Crippen LogP contribution >= 0.6 is 0 Å². The van der Waals surface area contributed by atoms with E-state index in [-0.39, 0.29) is 12.0 Å². The second-order valence-corrected chi connectivity index (χ2v) is 6.18. The molecule has 0 aromatic heterocycles. The van der Waals surface area contributed by atoms with E-state index in [9.17, 15) is 23.1 Å². The largest absolute Gasteiger partial charge is 0.468 e. The number of ketones is 1. The maximum Gasteiger partial charge on any atom is 0.323 e. The Morgan fingerprint density at radius 2 is 2.24 bits per heavy atom. The van der Waals surface area contributed by atoms with Crippen LogP contribution < -0.4 is 0 Å². The minimum atomic E-state index is -3.79. The maximum absolute atomic E-state index is 11.8. The number of aliphatic hydroxyl groups excluding tert-OH is 1. The number of methoxy groups -OCH3 is 1. The highest BCUT2D eigenvalue weighted by Crippen LogP contribution is 2.18. The van der Waals surface area contributed by atoms with Gasteiger partial charge in [0.15, 0.2) is 20.9 Å². The maximum atomic E-state index is 11.8. The number of carbonyl (C=O) groups is 2. The lowest BCUT2D eigenvalue weighted by Crippen LogP contribution is -2.31. The number of rotatable bonds is 4. The normalized spacial score (nSPS) is 22.2. The van der Waals surface area contributed by atoms with Crippen LogP contribution in [0, 0.1) is 0 Å². The molecule has 0 aliphatic heterocycles. The summed E-state index contributed by atoms with van der Waals surface area (Å²) in [6.45, 7) is 1.21. The number of esters is 1. The van der Waals surface area contributed by atoms with Crippen LogP contribution in [0.3, 0.4) is 0 Å². The van der Waals surface area contributed by atoms with Gasteiger partial charge in [0.05, 0.1) is 19.0 Å². The second-order valence-electron chi connectivity index (χ2n) is 3.86. The summed E-state index contributed by atoms with van der Waals surface area (Å²) in [7, 11) is -2.69. The highest BCUT2D eigenvalue weighted by Gasteiger charge is 2.33. The van der Waals surface area contributed by atoms with Gasteiger partial charge in [0.2, 0.25) is 0 Å². The zero-order valence-corrected chi connectivity index (χ0v) is 10.4. The fourth-order valence-electron chi connectivity index (χ4n) is 1.49. The molecule has 0 heterocycles. The summed E-state index contributed by atoms with van der Waals surface area (Å²) in [5.74, 6) is -1.81. The van der Waals surface area contributed by atoms with Crippen LogP contribution in [0.25, 0.3) is 0 Å². The molecule has 0 aromatic carbocycles. The fourth-order valence-corrected chi connectivity index (χ4v) is 2.82. The molecule has 0 radical (unpaired) electrons. The van der Waals surface area contributed by atoms with Crippen LogP contribution in [-0.4, -0.2) is 49.5 Å². The lowest BCUT2D eigenvalue weighted by molar-refractivity contribution is -0.139. The molecule has 7 heteroatoms. The van der Waals surface area contributed by atoms with Crippen molar-refractivity contribution in [1.82, 2.24) is 0 Å². The molecule has 0 amide bonds. The van der Waals surface area contributed by atoms with Crippen molar-refractivity contribution in [2.45, 2.75) is 24.7 Å². The Labute approximate surface area is 99.2 Å². The Hall–Kier alpha value is -1.21. The topological polar surface area (TPSA) is 97.7 Å². The molecule has 0 spiro atoms. The minimum absolute atomic E-state index is 0.0354. The molecule has 2 unspecified atom stereocenters. The van der Waals surface area contributed by atoms with Gasteiger partial charge in [-0.25, -0.2) is 8.42 Å². The molecule has 2 atom stereocenters. The lowest BCUT2D eigenvalue weighted by atomic mass is 10.2. The van der Waals surface area contributed by atoms with Crippen molar-refractivity contribution in [2.75, 3.05) is 12.9 Å². The first-order chi connectivity index (χ1) is 7.77. The van der Waals surface area contributed by atoms with Crippen LogP contribution in [0.1, 0.15) is 13.3 Å². The lowest BCUT2D eigenvalue weighted by Gasteiger charge is -2.10. The molecule has 0 aromatic rings. The summed E-state index contributed by atoms with van der Waals surface area (Å²) in [5.41, 5.74) is 0.0354. The number of hydrogen-bond donors (Lipinski definition) is 1. The quantitative estimate of drug-likeness (QED) is 0.668. The molecule has 17 heavy (non-hydrogen) atoms. The van der Waals surface area contributed by atoms with Gasteiger partial charge < -0.3 is 9.84 Å². The Morgan fingerprint density at radius 1 is 1.65 bits per heavy atom. The van der Waals surface area contributed by atoms with E-state index in [2.05, 4.69) is 4.74 Å². The SMILES string of the molecule is COC(=O)C(C)S(=O)(=O)CC1=CC(O)CC1=O. The van der Waals surface area contributed by atoms with Crippen molar-refractivity contribution >= 4 is 21.6 Å². The Kier molecular flexibility index (Phi) is 4.05. The van der Waals surface area contributed by atoms with E-state index < -0.39 is 38.7 Å². The Balaban J connectivity index is 2.84. The average Bonchev–Trinajstić information content (AvgIpc) is 2.54. The Morgan fingerprint density at radius 3 is 2.65 bits per heavy atom. The van der Waals surface area contributed by atoms with Gasteiger partial charge in [-0.05, 0) is 13.0 Å². The van der Waals surface area contributed by atoms with Gasteiger partial charge in [0.25, 0.3) is 0 Å². The van der Waals surface area contributed by atoms with E-state index in [1.54, 1.807) is 0 Å². The van der Waals surface area contributed by atoms with E-state index in [0.717, 1.165) is 7.11 Å². The first kappa shape index (κ1) is 13.9. The van der Waals surface area contributed by atoms with Crippen molar-refractivity contribution in [2.24, 2.45) is 0 Å². The molecule has 0 saturated heterocycles. The fraction of sp³-hybridized carbons (Fsp3) is 0.600. The third-order valence-electron chi connectivity index (χ3n) is 2.57. The third kappa shape index (κ3) is 3.13. The first-order valence-corrected chi connectivity index (χ1v) is 6.71. The number of hydrogen-bond acceptors (Lipinski definition) is 6. The summed E-state index contributed by atoms with van der Waals surface area (Å²) in [6, 6.07) is 0. The van der Waals surface area contributed by atoms with E-state index in [1.807, 2.05) is 0 Å². The van der Waals surface area contributed by atoms with Crippen LogP contribution in [0.2, 0.25) is 0 Å². The summed E-state index contributed by atoms with van der Waals surface area (Å²) in [6.07, 6.45) is 0.183. The molecule has 1 aliphatic rings. The highest BCUT2D eigenvalue weighted by atomic mass is 32.2. The molecular weight excluding hydrogens is 248 g/mol. The molecule has 1 N–H and O–H groups in total. The van der Waals surface area contributed by atoms with Gasteiger partial charge in [-0.3, -0.25) is 9.59 Å². The van der Waals surface area contributed by atoms with E-state index in [1.165, 1.54) is 13.0 Å². The van der Waals surface area contributed by atoms with E-state index in [0.29, 0.717) is 0 Å². The molecular formula is C10H14O6S. The summed E-state index contributed by atoms with van der Waals surface area (Å²) >= 11 is 0.